The van der Waals surface area contributed by atoms with Crippen LogP contribution in [0, 0.1) is 0 Å². The molecule has 0 aliphatic rings. The van der Waals surface area contributed by atoms with E-state index < -0.39 is 28.5 Å². The zero-order valence-electron chi connectivity index (χ0n) is 24.7. The zero-order valence-corrected chi connectivity index (χ0v) is 26.3. The van der Waals surface area contributed by atoms with Gasteiger partial charge in [-0.25, -0.2) is 8.42 Å². The quantitative estimate of drug-likeness (QED) is 0.192. The minimum Gasteiger partial charge on any atom is -0.497 e. The molecule has 1 atom stereocenters. The number of sulfonamides is 1. The van der Waals surface area contributed by atoms with E-state index in [4.69, 9.17) is 16.3 Å². The molecule has 0 unspecified atom stereocenters. The summed E-state index contributed by atoms with van der Waals surface area (Å²) in [5, 5.41) is 3.36. The van der Waals surface area contributed by atoms with E-state index in [1.54, 1.807) is 66.7 Å². The predicted molar refractivity (Wildman–Crippen MR) is 173 cm³/mol. The van der Waals surface area contributed by atoms with Crippen LogP contribution in [0.5, 0.6) is 5.75 Å². The van der Waals surface area contributed by atoms with Gasteiger partial charge in [0, 0.05) is 24.5 Å². The molecule has 4 aromatic carbocycles. The van der Waals surface area contributed by atoms with Gasteiger partial charge >= 0.3 is 0 Å². The maximum Gasteiger partial charge on any atom is 0.264 e. The number of hydrogen-bond acceptors (Lipinski definition) is 5. The van der Waals surface area contributed by atoms with Crippen molar-refractivity contribution in [3.63, 3.8) is 0 Å². The van der Waals surface area contributed by atoms with Gasteiger partial charge in [0.2, 0.25) is 11.8 Å². The molecule has 0 aliphatic heterocycles. The van der Waals surface area contributed by atoms with E-state index in [1.807, 2.05) is 37.3 Å². The Labute approximate surface area is 264 Å². The average Bonchev–Trinajstić information content (AvgIpc) is 3.05. The summed E-state index contributed by atoms with van der Waals surface area (Å²) < 4.78 is 34.4. The molecule has 0 saturated heterocycles. The first-order chi connectivity index (χ1) is 21.2. The van der Waals surface area contributed by atoms with Crippen LogP contribution in [-0.4, -0.2) is 51.4 Å². The Balaban J connectivity index is 1.80. The molecule has 0 heterocycles. The number of carbonyl (C=O) groups excluding carboxylic acids is 2. The molecule has 2 amide bonds. The van der Waals surface area contributed by atoms with E-state index in [0.717, 1.165) is 9.87 Å². The molecule has 4 rings (SSSR count). The molecule has 0 saturated carbocycles. The Morgan fingerprint density at radius 2 is 1.48 bits per heavy atom. The Morgan fingerprint density at radius 3 is 2.09 bits per heavy atom. The number of ether oxygens (including phenoxy) is 1. The summed E-state index contributed by atoms with van der Waals surface area (Å²) in [5.74, 6) is -0.362. The van der Waals surface area contributed by atoms with E-state index in [1.165, 1.54) is 24.1 Å². The van der Waals surface area contributed by atoms with Crippen LogP contribution in [0.2, 0.25) is 5.02 Å². The van der Waals surface area contributed by atoms with Gasteiger partial charge in [-0.15, -0.1) is 0 Å². The van der Waals surface area contributed by atoms with Crippen LogP contribution in [-0.2, 0) is 32.6 Å². The summed E-state index contributed by atoms with van der Waals surface area (Å²) >= 11 is 6.53. The van der Waals surface area contributed by atoms with Crippen LogP contribution < -0.4 is 14.4 Å². The first-order valence-corrected chi connectivity index (χ1v) is 16.1. The molecule has 0 radical (unpaired) electrons. The highest BCUT2D eigenvalue weighted by Gasteiger charge is 2.34. The molecule has 10 heteroatoms. The lowest BCUT2D eigenvalue weighted by Crippen LogP contribution is -2.53. The predicted octanol–water partition coefficient (Wildman–Crippen LogP) is 5.71. The van der Waals surface area contributed by atoms with E-state index in [0.29, 0.717) is 29.3 Å². The van der Waals surface area contributed by atoms with E-state index in [9.17, 15) is 18.0 Å². The van der Waals surface area contributed by atoms with Gasteiger partial charge in [0.05, 0.1) is 17.7 Å². The van der Waals surface area contributed by atoms with Crippen molar-refractivity contribution in [2.45, 2.75) is 37.2 Å². The van der Waals surface area contributed by atoms with E-state index in [2.05, 4.69) is 5.32 Å². The SMILES string of the molecule is CCCNC(=O)[C@@H](Cc1ccccc1)N(Cc1ccccc1Cl)C(=O)CN(c1ccc(OC)cc1)S(=O)(=O)c1ccccc1. The molecule has 0 bridgehead atoms. The Bertz CT molecular complexity index is 1630. The molecule has 44 heavy (non-hydrogen) atoms. The van der Waals surface area contributed by atoms with Gasteiger partial charge in [-0.3, -0.25) is 13.9 Å². The highest BCUT2D eigenvalue weighted by molar-refractivity contribution is 7.92. The van der Waals surface area contributed by atoms with Crippen LogP contribution in [0.3, 0.4) is 0 Å². The van der Waals surface area contributed by atoms with Gasteiger partial charge in [-0.1, -0.05) is 85.3 Å². The summed E-state index contributed by atoms with van der Waals surface area (Å²) in [4.78, 5) is 29.6. The van der Waals surface area contributed by atoms with Gasteiger partial charge in [0.1, 0.15) is 18.3 Å². The second kappa shape index (κ2) is 15.4. The van der Waals surface area contributed by atoms with Gasteiger partial charge < -0.3 is 15.0 Å². The zero-order chi connectivity index (χ0) is 31.5. The number of halogens is 1. The number of rotatable bonds is 14. The standard InChI is InChI=1S/C34H36ClN3O5S/c1-3-22-36-34(40)32(23-26-12-6-4-7-13-26)37(24-27-14-10-11-17-31(27)35)33(39)25-38(28-18-20-29(43-2)21-19-28)44(41,42)30-15-8-5-9-16-30/h4-21,32H,3,22-25H2,1-2H3,(H,36,40)/t32-/m1/s1. The van der Waals surface area contributed by atoms with Crippen molar-refractivity contribution >= 4 is 39.1 Å². The van der Waals surface area contributed by atoms with Crippen LogP contribution in [0.15, 0.2) is 114 Å². The summed E-state index contributed by atoms with van der Waals surface area (Å²) in [7, 11) is -2.67. The van der Waals surface area contributed by atoms with Crippen LogP contribution in [0.4, 0.5) is 5.69 Å². The van der Waals surface area contributed by atoms with E-state index in [-0.39, 0.29) is 29.5 Å². The number of methoxy groups -OCH3 is 1. The largest absolute Gasteiger partial charge is 0.497 e. The minimum atomic E-state index is -4.18. The summed E-state index contributed by atoms with van der Waals surface area (Å²) in [6.07, 6.45) is 0.934. The lowest BCUT2D eigenvalue weighted by Gasteiger charge is -2.34. The molecule has 0 fully saturated rings. The first-order valence-electron chi connectivity index (χ1n) is 14.3. The smallest absolute Gasteiger partial charge is 0.264 e. The third kappa shape index (κ3) is 8.18. The van der Waals surface area contributed by atoms with Crippen molar-refractivity contribution in [1.29, 1.82) is 0 Å². The van der Waals surface area contributed by atoms with E-state index >= 15 is 0 Å². The normalized spacial score (nSPS) is 11.8. The highest BCUT2D eigenvalue weighted by Crippen LogP contribution is 2.27. The molecule has 0 spiro atoms. The topological polar surface area (TPSA) is 96.0 Å². The summed E-state index contributed by atoms with van der Waals surface area (Å²) in [6, 6.07) is 29.9. The van der Waals surface area contributed by atoms with Crippen LogP contribution >= 0.6 is 11.6 Å². The number of nitrogens with zero attached hydrogens (tertiary/aromatic N) is 2. The molecular formula is C34H36ClN3O5S. The Hall–Kier alpha value is -4.34. The minimum absolute atomic E-state index is 0.00259. The Morgan fingerprint density at radius 1 is 0.864 bits per heavy atom. The van der Waals surface area contributed by atoms with Gasteiger partial charge in [-0.05, 0) is 60.0 Å². The molecule has 0 aliphatic carbocycles. The average molecular weight is 634 g/mol. The second-order valence-electron chi connectivity index (χ2n) is 10.1. The van der Waals surface area contributed by atoms with Crippen molar-refractivity contribution < 1.29 is 22.7 Å². The highest BCUT2D eigenvalue weighted by atomic mass is 35.5. The third-order valence-electron chi connectivity index (χ3n) is 7.09. The molecule has 8 nitrogen and oxygen atoms in total. The number of hydrogen-bond donors (Lipinski definition) is 1. The number of anilines is 1. The monoisotopic (exact) mass is 633 g/mol. The summed E-state index contributed by atoms with van der Waals surface area (Å²) in [5.41, 5.74) is 1.76. The fraction of sp³-hybridized carbons (Fsp3) is 0.235. The molecule has 4 aromatic rings. The number of amides is 2. The van der Waals surface area contributed by atoms with Crippen LogP contribution in [0.1, 0.15) is 24.5 Å². The fourth-order valence-corrected chi connectivity index (χ4v) is 6.36. The van der Waals surface area contributed by atoms with Crippen LogP contribution in [0.25, 0.3) is 0 Å². The van der Waals surface area contributed by atoms with Crippen molar-refractivity contribution in [1.82, 2.24) is 10.2 Å². The molecule has 1 N–H and O–H groups in total. The number of nitrogens with one attached hydrogen (secondary N) is 1. The first kappa shape index (κ1) is 32.6. The summed E-state index contributed by atoms with van der Waals surface area (Å²) in [6.45, 7) is 1.82. The van der Waals surface area contributed by atoms with Crippen molar-refractivity contribution in [3.05, 3.63) is 125 Å². The van der Waals surface area contributed by atoms with Crippen molar-refractivity contribution in [2.75, 3.05) is 24.5 Å². The Kier molecular flexibility index (Phi) is 11.4. The fourth-order valence-electron chi connectivity index (χ4n) is 4.73. The van der Waals surface area contributed by atoms with Gasteiger partial charge in [-0.2, -0.15) is 0 Å². The number of benzene rings is 4. The number of carbonyl (C=O) groups is 2. The maximum absolute atomic E-state index is 14.4. The third-order valence-corrected chi connectivity index (χ3v) is 9.25. The molecular weight excluding hydrogens is 598 g/mol. The lowest BCUT2D eigenvalue weighted by molar-refractivity contribution is -0.140. The van der Waals surface area contributed by atoms with Crippen molar-refractivity contribution in [2.24, 2.45) is 0 Å². The molecule has 230 valence electrons. The lowest BCUT2D eigenvalue weighted by atomic mass is 10.0. The molecule has 0 aromatic heterocycles. The van der Waals surface area contributed by atoms with Gasteiger partial charge in [0.25, 0.3) is 10.0 Å². The second-order valence-corrected chi connectivity index (χ2v) is 12.4. The maximum atomic E-state index is 14.4. The van der Waals surface area contributed by atoms with Crippen molar-refractivity contribution in [3.8, 4) is 5.75 Å². The van der Waals surface area contributed by atoms with Gasteiger partial charge in [0.15, 0.2) is 0 Å².